The van der Waals surface area contributed by atoms with E-state index < -0.39 is 17.9 Å². The van der Waals surface area contributed by atoms with E-state index in [9.17, 15) is 9.59 Å². The minimum atomic E-state index is -1.32. The second-order valence-corrected chi connectivity index (χ2v) is 4.45. The normalized spacial score (nSPS) is 13.5. The molecule has 6 heteroatoms. The molecule has 0 aliphatic heterocycles. The molecule has 104 valence electrons. The van der Waals surface area contributed by atoms with E-state index in [1.807, 2.05) is 6.07 Å². The maximum absolute atomic E-state index is 11.8. The number of rotatable bonds is 5. The van der Waals surface area contributed by atoms with Gasteiger partial charge >= 0.3 is 5.97 Å². The average Bonchev–Trinajstić information content (AvgIpc) is 2.37. The van der Waals surface area contributed by atoms with Gasteiger partial charge in [0.2, 0.25) is 5.91 Å². The van der Waals surface area contributed by atoms with Gasteiger partial charge in [0, 0.05) is 5.02 Å². The largest absolute Gasteiger partial charge is 0.464 e. The summed E-state index contributed by atoms with van der Waals surface area (Å²) in [5.74, 6) is -1.32. The van der Waals surface area contributed by atoms with Crippen LogP contribution in [0.2, 0.25) is 5.02 Å². The SMILES string of the molecule is CCOC(=O)C(N)C(=O)NC(C)c1cccc(Cl)c1. The second-order valence-electron chi connectivity index (χ2n) is 4.02. The lowest BCUT2D eigenvalue weighted by atomic mass is 10.1. The van der Waals surface area contributed by atoms with Crippen molar-refractivity contribution in [2.45, 2.75) is 25.9 Å². The van der Waals surface area contributed by atoms with Crippen LogP contribution in [0.3, 0.4) is 0 Å². The fraction of sp³-hybridized carbons (Fsp3) is 0.385. The third-order valence-electron chi connectivity index (χ3n) is 2.53. The number of ether oxygens (including phenoxy) is 1. The highest BCUT2D eigenvalue weighted by atomic mass is 35.5. The van der Waals surface area contributed by atoms with Gasteiger partial charge in [-0.2, -0.15) is 0 Å². The summed E-state index contributed by atoms with van der Waals surface area (Å²) in [6.07, 6.45) is 0. The van der Waals surface area contributed by atoms with E-state index in [2.05, 4.69) is 10.1 Å². The zero-order chi connectivity index (χ0) is 14.4. The van der Waals surface area contributed by atoms with Crippen molar-refractivity contribution in [3.8, 4) is 0 Å². The Balaban J connectivity index is 2.64. The fourth-order valence-electron chi connectivity index (χ4n) is 1.50. The van der Waals surface area contributed by atoms with Crippen LogP contribution in [0, 0.1) is 0 Å². The number of hydrogen-bond acceptors (Lipinski definition) is 4. The molecule has 0 saturated heterocycles. The van der Waals surface area contributed by atoms with Crippen molar-refractivity contribution in [2.75, 3.05) is 6.61 Å². The molecule has 0 heterocycles. The first-order valence-corrected chi connectivity index (χ1v) is 6.31. The third kappa shape index (κ3) is 4.54. The van der Waals surface area contributed by atoms with Crippen molar-refractivity contribution in [2.24, 2.45) is 5.73 Å². The zero-order valence-electron chi connectivity index (χ0n) is 10.9. The summed E-state index contributed by atoms with van der Waals surface area (Å²) >= 11 is 5.87. The molecule has 19 heavy (non-hydrogen) atoms. The number of benzene rings is 1. The number of carbonyl (C=O) groups excluding carboxylic acids is 2. The summed E-state index contributed by atoms with van der Waals surface area (Å²) in [5, 5.41) is 3.22. The number of carbonyl (C=O) groups is 2. The summed E-state index contributed by atoms with van der Waals surface area (Å²) < 4.78 is 4.69. The highest BCUT2D eigenvalue weighted by Crippen LogP contribution is 2.17. The Morgan fingerprint density at radius 1 is 1.47 bits per heavy atom. The summed E-state index contributed by atoms with van der Waals surface area (Å²) in [4.78, 5) is 23.1. The van der Waals surface area contributed by atoms with Crippen molar-refractivity contribution in [3.05, 3.63) is 34.9 Å². The summed E-state index contributed by atoms with van der Waals surface area (Å²) in [6, 6.07) is 5.47. The standard InChI is InChI=1S/C13H17ClN2O3/c1-3-19-13(18)11(15)12(17)16-8(2)9-5-4-6-10(14)7-9/h4-8,11H,3,15H2,1-2H3,(H,16,17). The van der Waals surface area contributed by atoms with E-state index in [4.69, 9.17) is 17.3 Å². The van der Waals surface area contributed by atoms with Crippen LogP contribution in [0.5, 0.6) is 0 Å². The minimum Gasteiger partial charge on any atom is -0.464 e. The summed E-state index contributed by atoms with van der Waals surface area (Å²) in [6.45, 7) is 3.61. The Labute approximate surface area is 117 Å². The predicted molar refractivity (Wildman–Crippen MR) is 72.6 cm³/mol. The molecule has 0 saturated carbocycles. The van der Waals surface area contributed by atoms with Gasteiger partial charge in [0.25, 0.3) is 0 Å². The topological polar surface area (TPSA) is 81.4 Å². The van der Waals surface area contributed by atoms with Gasteiger partial charge in [-0.25, -0.2) is 4.79 Å². The molecule has 3 N–H and O–H groups in total. The van der Waals surface area contributed by atoms with Crippen molar-refractivity contribution >= 4 is 23.5 Å². The van der Waals surface area contributed by atoms with E-state index in [0.29, 0.717) is 5.02 Å². The fourth-order valence-corrected chi connectivity index (χ4v) is 1.70. The highest BCUT2D eigenvalue weighted by molar-refractivity contribution is 6.30. The molecule has 5 nitrogen and oxygen atoms in total. The first-order chi connectivity index (χ1) is 8.95. The first-order valence-electron chi connectivity index (χ1n) is 5.93. The zero-order valence-corrected chi connectivity index (χ0v) is 11.6. The number of halogens is 1. The van der Waals surface area contributed by atoms with Gasteiger partial charge in [-0.05, 0) is 31.5 Å². The maximum Gasteiger partial charge on any atom is 0.332 e. The number of esters is 1. The molecular formula is C13H17ClN2O3. The van der Waals surface area contributed by atoms with Gasteiger partial charge in [-0.3, -0.25) is 4.79 Å². The molecule has 0 fully saturated rings. The van der Waals surface area contributed by atoms with Crippen LogP contribution >= 0.6 is 11.6 Å². The van der Waals surface area contributed by atoms with E-state index in [-0.39, 0.29) is 12.6 Å². The van der Waals surface area contributed by atoms with E-state index >= 15 is 0 Å². The minimum absolute atomic E-state index is 0.184. The number of nitrogens with two attached hydrogens (primary N) is 1. The molecule has 0 aliphatic carbocycles. The van der Waals surface area contributed by atoms with E-state index in [0.717, 1.165) is 5.56 Å². The molecule has 0 bridgehead atoms. The van der Waals surface area contributed by atoms with E-state index in [1.54, 1.807) is 32.0 Å². The van der Waals surface area contributed by atoms with Crippen molar-refractivity contribution < 1.29 is 14.3 Å². The lowest BCUT2D eigenvalue weighted by molar-refractivity contribution is -0.148. The molecule has 2 unspecified atom stereocenters. The number of hydrogen-bond donors (Lipinski definition) is 2. The highest BCUT2D eigenvalue weighted by Gasteiger charge is 2.24. The van der Waals surface area contributed by atoms with Gasteiger partial charge in [-0.1, -0.05) is 23.7 Å². The second kappa shape index (κ2) is 7.11. The predicted octanol–water partition coefficient (Wildman–Crippen LogP) is 1.41. The Hall–Kier alpha value is -1.59. The Morgan fingerprint density at radius 3 is 2.74 bits per heavy atom. The van der Waals surface area contributed by atoms with Crippen molar-refractivity contribution in [1.82, 2.24) is 5.32 Å². The summed E-state index contributed by atoms with van der Waals surface area (Å²) in [5.41, 5.74) is 6.32. The number of amides is 1. The van der Waals surface area contributed by atoms with Crippen LogP contribution in [0.25, 0.3) is 0 Å². The van der Waals surface area contributed by atoms with Gasteiger partial charge in [0.05, 0.1) is 12.6 Å². The molecule has 1 rings (SSSR count). The molecule has 0 spiro atoms. The van der Waals surface area contributed by atoms with Gasteiger partial charge in [-0.15, -0.1) is 0 Å². The van der Waals surface area contributed by atoms with Crippen LogP contribution in [-0.2, 0) is 14.3 Å². The molecular weight excluding hydrogens is 268 g/mol. The monoisotopic (exact) mass is 284 g/mol. The maximum atomic E-state index is 11.8. The Morgan fingerprint density at radius 2 is 2.16 bits per heavy atom. The van der Waals surface area contributed by atoms with Crippen molar-refractivity contribution in [3.63, 3.8) is 0 Å². The Bertz CT molecular complexity index is 465. The number of nitrogens with one attached hydrogen (secondary N) is 1. The average molecular weight is 285 g/mol. The van der Waals surface area contributed by atoms with E-state index in [1.165, 1.54) is 0 Å². The molecule has 2 atom stereocenters. The lowest BCUT2D eigenvalue weighted by Crippen LogP contribution is -2.47. The van der Waals surface area contributed by atoms with Crippen molar-refractivity contribution in [1.29, 1.82) is 0 Å². The molecule has 1 aromatic rings. The van der Waals surface area contributed by atoms with Crippen LogP contribution in [-0.4, -0.2) is 24.5 Å². The molecule has 0 radical (unpaired) electrons. The smallest absolute Gasteiger partial charge is 0.332 e. The van der Waals surface area contributed by atoms with Crippen LogP contribution < -0.4 is 11.1 Å². The van der Waals surface area contributed by atoms with Gasteiger partial charge < -0.3 is 15.8 Å². The third-order valence-corrected chi connectivity index (χ3v) is 2.77. The molecule has 1 amide bonds. The molecule has 0 aromatic heterocycles. The first kappa shape index (κ1) is 15.5. The van der Waals surface area contributed by atoms with Crippen LogP contribution in [0.15, 0.2) is 24.3 Å². The van der Waals surface area contributed by atoms with Gasteiger partial charge in [0.1, 0.15) is 0 Å². The lowest BCUT2D eigenvalue weighted by Gasteiger charge is -2.17. The van der Waals surface area contributed by atoms with Crippen LogP contribution in [0.4, 0.5) is 0 Å². The summed E-state index contributed by atoms with van der Waals surface area (Å²) in [7, 11) is 0. The quantitative estimate of drug-likeness (QED) is 0.633. The van der Waals surface area contributed by atoms with Gasteiger partial charge in [0.15, 0.2) is 6.04 Å². The Kier molecular flexibility index (Phi) is 5.79. The molecule has 1 aromatic carbocycles. The van der Waals surface area contributed by atoms with Crippen LogP contribution in [0.1, 0.15) is 25.5 Å². The molecule has 0 aliphatic rings.